The molecule has 6 heteroatoms. The number of sulfone groups is 1. The van der Waals surface area contributed by atoms with Crippen LogP contribution in [0.1, 0.15) is 11.4 Å². The largest absolute Gasteiger partial charge is 0.396 e. The van der Waals surface area contributed by atoms with Crippen molar-refractivity contribution in [2.75, 3.05) is 5.73 Å². The Morgan fingerprint density at radius 2 is 1.67 bits per heavy atom. The van der Waals surface area contributed by atoms with E-state index in [-0.39, 0.29) is 16.5 Å². The van der Waals surface area contributed by atoms with Gasteiger partial charge in [-0.05, 0) is 19.1 Å². The normalized spacial score (nSPS) is 11.4. The molecule has 1 aromatic heterocycles. The highest BCUT2D eigenvalue weighted by Gasteiger charge is 2.16. The summed E-state index contributed by atoms with van der Waals surface area (Å²) in [7, 11) is -3.41. The fourth-order valence-electron chi connectivity index (χ4n) is 1.44. The molecule has 0 saturated heterocycles. The summed E-state index contributed by atoms with van der Waals surface area (Å²) in [5, 5.41) is 0. The molecule has 2 aromatic rings. The number of aryl methyl sites for hydroxylation is 1. The SMILES string of the molecule is Cc1ccc(S(=O)(=O)Cc2ncc(N)cn2)cc1. The van der Waals surface area contributed by atoms with Crippen molar-refractivity contribution in [2.24, 2.45) is 0 Å². The highest BCUT2D eigenvalue weighted by molar-refractivity contribution is 7.90. The summed E-state index contributed by atoms with van der Waals surface area (Å²) in [4.78, 5) is 8.05. The zero-order valence-electron chi connectivity index (χ0n) is 9.87. The third-order valence-electron chi connectivity index (χ3n) is 2.42. The molecule has 2 N–H and O–H groups in total. The lowest BCUT2D eigenvalue weighted by atomic mass is 10.2. The van der Waals surface area contributed by atoms with Crippen molar-refractivity contribution in [2.45, 2.75) is 17.6 Å². The number of nitrogen functional groups attached to an aromatic ring is 1. The van der Waals surface area contributed by atoms with Crippen LogP contribution in [0.2, 0.25) is 0 Å². The Hall–Kier alpha value is -1.95. The van der Waals surface area contributed by atoms with E-state index in [1.165, 1.54) is 12.4 Å². The van der Waals surface area contributed by atoms with Gasteiger partial charge in [0, 0.05) is 0 Å². The van der Waals surface area contributed by atoms with E-state index < -0.39 is 9.84 Å². The summed E-state index contributed by atoms with van der Waals surface area (Å²) in [5.74, 6) is 0.0147. The number of nitrogens with two attached hydrogens (primary N) is 1. The minimum absolute atomic E-state index is 0.226. The Kier molecular flexibility index (Phi) is 3.29. The summed E-state index contributed by atoms with van der Waals surface area (Å²) in [6.45, 7) is 1.90. The molecule has 2 rings (SSSR count). The summed E-state index contributed by atoms with van der Waals surface area (Å²) in [5.41, 5.74) is 6.86. The van der Waals surface area contributed by atoms with Crippen molar-refractivity contribution in [3.8, 4) is 0 Å². The first-order valence-electron chi connectivity index (χ1n) is 5.33. The van der Waals surface area contributed by atoms with Gasteiger partial charge in [0.2, 0.25) is 0 Å². The summed E-state index contributed by atoms with van der Waals surface area (Å²) >= 11 is 0. The third-order valence-corrected chi connectivity index (χ3v) is 4.05. The van der Waals surface area contributed by atoms with Gasteiger partial charge in [0.1, 0.15) is 11.6 Å². The second kappa shape index (κ2) is 4.73. The summed E-state index contributed by atoms with van der Waals surface area (Å²) < 4.78 is 24.2. The first-order chi connectivity index (χ1) is 8.47. The number of aromatic nitrogens is 2. The predicted molar refractivity (Wildman–Crippen MR) is 68.5 cm³/mol. The molecule has 0 bridgehead atoms. The lowest BCUT2D eigenvalue weighted by Gasteiger charge is -2.04. The maximum atomic E-state index is 12.1. The quantitative estimate of drug-likeness (QED) is 0.903. The standard InChI is InChI=1S/C12H13N3O2S/c1-9-2-4-11(5-3-9)18(16,17)8-12-14-6-10(13)7-15-12/h2-7H,8,13H2,1H3. The van der Waals surface area contributed by atoms with E-state index in [1.54, 1.807) is 24.3 Å². The van der Waals surface area contributed by atoms with Crippen molar-refractivity contribution in [3.05, 3.63) is 48.0 Å². The Bertz CT molecular complexity index is 634. The second-order valence-electron chi connectivity index (χ2n) is 4.00. The van der Waals surface area contributed by atoms with Gasteiger partial charge in [-0.2, -0.15) is 0 Å². The number of nitrogens with zero attached hydrogens (tertiary/aromatic N) is 2. The molecule has 0 atom stereocenters. The van der Waals surface area contributed by atoms with Crippen molar-refractivity contribution in [1.82, 2.24) is 9.97 Å². The minimum Gasteiger partial charge on any atom is -0.396 e. The van der Waals surface area contributed by atoms with E-state index >= 15 is 0 Å². The molecule has 94 valence electrons. The lowest BCUT2D eigenvalue weighted by Crippen LogP contribution is -2.08. The Balaban J connectivity index is 2.27. The molecule has 0 amide bonds. The van der Waals surface area contributed by atoms with Gasteiger partial charge in [0.05, 0.1) is 23.0 Å². The van der Waals surface area contributed by atoms with E-state index in [0.717, 1.165) is 5.56 Å². The van der Waals surface area contributed by atoms with Gasteiger partial charge in [-0.1, -0.05) is 17.7 Å². The van der Waals surface area contributed by atoms with Gasteiger partial charge in [-0.3, -0.25) is 0 Å². The van der Waals surface area contributed by atoms with E-state index in [4.69, 9.17) is 5.73 Å². The molecule has 0 saturated carbocycles. The fourth-order valence-corrected chi connectivity index (χ4v) is 2.64. The number of benzene rings is 1. The maximum absolute atomic E-state index is 12.1. The van der Waals surface area contributed by atoms with Crippen LogP contribution in [0.4, 0.5) is 5.69 Å². The Morgan fingerprint density at radius 3 is 2.22 bits per heavy atom. The highest BCUT2D eigenvalue weighted by Crippen LogP contribution is 2.15. The van der Waals surface area contributed by atoms with Crippen LogP contribution in [0.25, 0.3) is 0 Å². The maximum Gasteiger partial charge on any atom is 0.185 e. The first kappa shape index (κ1) is 12.5. The zero-order valence-corrected chi connectivity index (χ0v) is 10.7. The third kappa shape index (κ3) is 2.84. The van der Waals surface area contributed by atoms with Gasteiger partial charge in [0.15, 0.2) is 9.84 Å². The van der Waals surface area contributed by atoms with Crippen LogP contribution < -0.4 is 5.73 Å². The van der Waals surface area contributed by atoms with Crippen LogP contribution in [-0.4, -0.2) is 18.4 Å². The van der Waals surface area contributed by atoms with Crippen molar-refractivity contribution >= 4 is 15.5 Å². The molecular formula is C12H13N3O2S. The lowest BCUT2D eigenvalue weighted by molar-refractivity contribution is 0.593. The fraction of sp³-hybridized carbons (Fsp3) is 0.167. The smallest absolute Gasteiger partial charge is 0.185 e. The molecule has 5 nitrogen and oxygen atoms in total. The minimum atomic E-state index is -3.41. The topological polar surface area (TPSA) is 85.9 Å². The number of rotatable bonds is 3. The van der Waals surface area contributed by atoms with E-state index in [1.807, 2.05) is 6.92 Å². The molecule has 0 aliphatic heterocycles. The van der Waals surface area contributed by atoms with Gasteiger partial charge < -0.3 is 5.73 Å². The first-order valence-corrected chi connectivity index (χ1v) is 6.98. The van der Waals surface area contributed by atoms with Crippen molar-refractivity contribution < 1.29 is 8.42 Å². The van der Waals surface area contributed by atoms with Crippen LogP contribution in [0.3, 0.4) is 0 Å². The number of anilines is 1. The second-order valence-corrected chi connectivity index (χ2v) is 5.99. The Morgan fingerprint density at radius 1 is 1.11 bits per heavy atom. The molecule has 0 aliphatic carbocycles. The molecular weight excluding hydrogens is 250 g/mol. The van der Waals surface area contributed by atoms with Crippen molar-refractivity contribution in [1.29, 1.82) is 0 Å². The van der Waals surface area contributed by atoms with Crippen LogP contribution >= 0.6 is 0 Å². The average Bonchev–Trinajstić information content (AvgIpc) is 2.32. The van der Waals surface area contributed by atoms with Crippen LogP contribution in [0.15, 0.2) is 41.6 Å². The summed E-state index contributed by atoms with van der Waals surface area (Å²) in [6.07, 6.45) is 2.79. The molecule has 1 aromatic carbocycles. The molecule has 0 fully saturated rings. The molecule has 1 heterocycles. The van der Waals surface area contributed by atoms with E-state index in [9.17, 15) is 8.42 Å². The molecule has 18 heavy (non-hydrogen) atoms. The predicted octanol–water partition coefficient (Wildman–Crippen LogP) is 1.34. The average molecular weight is 263 g/mol. The van der Waals surface area contributed by atoms with Crippen LogP contribution in [-0.2, 0) is 15.6 Å². The molecule has 0 spiro atoms. The van der Waals surface area contributed by atoms with Crippen molar-refractivity contribution in [3.63, 3.8) is 0 Å². The van der Waals surface area contributed by atoms with E-state index in [0.29, 0.717) is 5.69 Å². The van der Waals surface area contributed by atoms with Gasteiger partial charge in [-0.25, -0.2) is 18.4 Å². The highest BCUT2D eigenvalue weighted by atomic mass is 32.2. The van der Waals surface area contributed by atoms with Gasteiger partial charge >= 0.3 is 0 Å². The van der Waals surface area contributed by atoms with E-state index in [2.05, 4.69) is 9.97 Å². The number of hydrogen-bond donors (Lipinski definition) is 1. The number of hydrogen-bond acceptors (Lipinski definition) is 5. The molecule has 0 aliphatic rings. The van der Waals surface area contributed by atoms with Gasteiger partial charge in [-0.15, -0.1) is 0 Å². The molecule has 0 radical (unpaired) electrons. The van der Waals surface area contributed by atoms with Gasteiger partial charge in [0.25, 0.3) is 0 Å². The molecule has 0 unspecified atom stereocenters. The van der Waals surface area contributed by atoms with Crippen LogP contribution in [0.5, 0.6) is 0 Å². The zero-order chi connectivity index (χ0) is 13.2. The Labute approximate surface area is 106 Å². The van der Waals surface area contributed by atoms with Crippen LogP contribution in [0, 0.1) is 6.92 Å². The summed E-state index contributed by atoms with van der Waals surface area (Å²) in [6, 6.07) is 6.69. The monoisotopic (exact) mass is 263 g/mol.